The molecule has 5 aliphatic rings. The van der Waals surface area contributed by atoms with Crippen molar-refractivity contribution in [3.8, 4) is 0 Å². The van der Waals surface area contributed by atoms with Crippen molar-refractivity contribution in [2.45, 2.75) is 124 Å². The van der Waals surface area contributed by atoms with Crippen LogP contribution in [0.4, 0.5) is 0 Å². The number of hydrogen-bond acceptors (Lipinski definition) is 5. The van der Waals surface area contributed by atoms with Gasteiger partial charge in [-0.25, -0.2) is 0 Å². The lowest BCUT2D eigenvalue weighted by atomic mass is 9.47. The van der Waals surface area contributed by atoms with Gasteiger partial charge in [-0.15, -0.1) is 0 Å². The van der Waals surface area contributed by atoms with E-state index in [0.29, 0.717) is 24.1 Å². The maximum Gasteiger partial charge on any atom is 0.306 e. The predicted octanol–water partition coefficient (Wildman–Crippen LogP) is 7.88. The number of nitrogens with one attached hydrogen (secondary N) is 1. The minimum Gasteiger partial charge on any atom is -0.462 e. The Morgan fingerprint density at radius 2 is 1.60 bits per heavy atom. The second kappa shape index (κ2) is 14.8. The van der Waals surface area contributed by atoms with E-state index < -0.39 is 0 Å². The molecule has 0 unspecified atom stereocenters. The van der Waals surface area contributed by atoms with E-state index in [2.05, 4.69) is 69.5 Å². The molecule has 0 spiro atoms. The lowest BCUT2D eigenvalue weighted by Gasteiger charge is -2.58. The summed E-state index contributed by atoms with van der Waals surface area (Å²) in [7, 11) is 4.31. The van der Waals surface area contributed by atoms with Gasteiger partial charge in [0.15, 0.2) is 0 Å². The number of amidine groups is 1. The first-order valence-corrected chi connectivity index (χ1v) is 19.0. The Kier molecular flexibility index (Phi) is 11.5. The molecule has 0 aromatic rings. The summed E-state index contributed by atoms with van der Waals surface area (Å²) in [4.78, 5) is 19.9. The van der Waals surface area contributed by atoms with Gasteiger partial charge in [-0.05, 0) is 105 Å². The van der Waals surface area contributed by atoms with E-state index in [4.69, 9.17) is 10.1 Å². The number of rotatable bonds is 9. The lowest BCUT2D eigenvalue weighted by molar-refractivity contribution is -0.151. The topological polar surface area (TPSA) is 59.9 Å². The molecule has 1 aliphatic heterocycles. The molecule has 5 rings (SSSR count). The lowest BCUT2D eigenvalue weighted by Crippen LogP contribution is -2.51. The third-order valence-electron chi connectivity index (χ3n) is 13.9. The number of ether oxygens (including phenoxy) is 1. The fourth-order valence-corrected chi connectivity index (χ4v) is 10.9. The number of esters is 1. The van der Waals surface area contributed by atoms with Gasteiger partial charge in [0.25, 0.3) is 0 Å². The minimum atomic E-state index is -0.117. The van der Waals surface area contributed by atoms with Crippen LogP contribution in [0.5, 0.6) is 0 Å². The summed E-state index contributed by atoms with van der Waals surface area (Å²) in [6.45, 7) is 18.3. The number of hydrogen-bond donors (Lipinski definition) is 1. The van der Waals surface area contributed by atoms with E-state index in [-0.39, 0.29) is 17.5 Å². The molecule has 0 aromatic heterocycles. The van der Waals surface area contributed by atoms with Gasteiger partial charge in [-0.2, -0.15) is 0 Å². The summed E-state index contributed by atoms with van der Waals surface area (Å²) >= 11 is 0. The van der Waals surface area contributed by atoms with Gasteiger partial charge in [-0.3, -0.25) is 10.2 Å². The monoisotopic (exact) mass is 625 g/mol. The maximum absolute atomic E-state index is 13.0. The highest BCUT2D eigenvalue weighted by molar-refractivity contribution is 5.83. The molecule has 0 bridgehead atoms. The van der Waals surface area contributed by atoms with Crippen LogP contribution in [-0.4, -0.2) is 86.0 Å². The average molecular weight is 625 g/mol. The van der Waals surface area contributed by atoms with Crippen LogP contribution in [0.2, 0.25) is 0 Å². The number of nitrogens with zero attached hydrogens (tertiary/aromatic N) is 3. The number of likely N-dealkylation sites (N-methyl/N-ethyl adjacent to an activating group) is 2. The van der Waals surface area contributed by atoms with Crippen LogP contribution >= 0.6 is 0 Å². The Balaban J connectivity index is 1.13. The first kappa shape index (κ1) is 34.9. The van der Waals surface area contributed by atoms with Gasteiger partial charge >= 0.3 is 5.97 Å². The van der Waals surface area contributed by atoms with Crippen LogP contribution in [0, 0.1) is 51.7 Å². The normalized spacial score (nSPS) is 37.0. The van der Waals surface area contributed by atoms with Crippen molar-refractivity contribution in [3.05, 3.63) is 11.6 Å². The third-order valence-corrected chi connectivity index (χ3v) is 13.9. The molecule has 6 nitrogen and oxygen atoms in total. The molecule has 0 aromatic carbocycles. The van der Waals surface area contributed by atoms with Crippen LogP contribution in [0.15, 0.2) is 11.6 Å². The Hall–Kier alpha value is -1.40. The summed E-state index contributed by atoms with van der Waals surface area (Å²) in [5, 5.41) is 8.72. The molecule has 1 saturated heterocycles. The van der Waals surface area contributed by atoms with Gasteiger partial charge in [0.05, 0.1) is 12.3 Å². The second-order valence-electron chi connectivity index (χ2n) is 17.2. The van der Waals surface area contributed by atoms with Gasteiger partial charge in [-0.1, -0.05) is 65.5 Å². The Labute approximate surface area is 276 Å². The quantitative estimate of drug-likeness (QED) is 0.122. The van der Waals surface area contributed by atoms with Crippen molar-refractivity contribution in [1.82, 2.24) is 14.7 Å². The predicted molar refractivity (Wildman–Crippen MR) is 186 cm³/mol. The summed E-state index contributed by atoms with van der Waals surface area (Å²) in [5.41, 5.74) is 2.39. The van der Waals surface area contributed by atoms with Crippen molar-refractivity contribution in [2.75, 3.05) is 53.4 Å². The number of carbonyl (C=O) groups is 1. The summed E-state index contributed by atoms with van der Waals surface area (Å²) in [5.74, 6) is 5.56. The number of allylic oxidation sites excluding steroid dienone is 1. The van der Waals surface area contributed by atoms with Crippen LogP contribution in [0.3, 0.4) is 0 Å². The van der Waals surface area contributed by atoms with Crippen molar-refractivity contribution in [1.29, 1.82) is 5.41 Å². The molecule has 256 valence electrons. The molecular weight excluding hydrogens is 556 g/mol. The zero-order chi connectivity index (χ0) is 32.4. The molecular formula is C39H68N4O2. The Morgan fingerprint density at radius 1 is 0.911 bits per heavy atom. The minimum absolute atomic E-state index is 0.00600. The van der Waals surface area contributed by atoms with E-state index in [1.165, 1.54) is 51.4 Å². The summed E-state index contributed by atoms with van der Waals surface area (Å²) in [6.07, 6.45) is 17.6. The largest absolute Gasteiger partial charge is 0.462 e. The van der Waals surface area contributed by atoms with Crippen molar-refractivity contribution in [3.63, 3.8) is 0 Å². The molecule has 0 radical (unpaired) electrons. The molecule has 4 aliphatic carbocycles. The van der Waals surface area contributed by atoms with E-state index in [9.17, 15) is 4.79 Å². The highest BCUT2D eigenvalue weighted by Crippen LogP contribution is 2.67. The molecule has 6 heteroatoms. The first-order valence-electron chi connectivity index (χ1n) is 19.0. The maximum atomic E-state index is 13.0. The van der Waals surface area contributed by atoms with Crippen LogP contribution < -0.4 is 0 Å². The zero-order valence-electron chi connectivity index (χ0n) is 30.2. The van der Waals surface area contributed by atoms with Gasteiger partial charge < -0.3 is 19.4 Å². The average Bonchev–Trinajstić information content (AvgIpc) is 3.38. The van der Waals surface area contributed by atoms with Gasteiger partial charge in [0, 0.05) is 52.1 Å². The zero-order valence-corrected chi connectivity index (χ0v) is 30.2. The molecule has 3 saturated carbocycles. The van der Waals surface area contributed by atoms with E-state index in [1.54, 1.807) is 5.57 Å². The Bertz CT molecular complexity index is 1040. The fraction of sp³-hybridized carbons (Fsp3) is 0.897. The summed E-state index contributed by atoms with van der Waals surface area (Å²) in [6, 6.07) is 0. The molecule has 0 amide bonds. The third kappa shape index (κ3) is 7.85. The van der Waals surface area contributed by atoms with E-state index >= 15 is 0 Å². The van der Waals surface area contributed by atoms with Gasteiger partial charge in [0.1, 0.15) is 6.10 Å². The standard InChI is InChI=1S/C39H68N4O2/c1-28(2)9-8-10-29(3)33-13-14-34-32-12-11-30-27-31(17-19-38(30,4)35(32)18-20-39(33,34)5)45-37(44)16-15-36(40)43-25-23-41(6)21-22-42(7)24-26-43/h11,28-29,31-35,40H,8-10,12-27H2,1-7H3/t29-,31+,32+,33-,34+,35+,38+,39-/m1/s1. The van der Waals surface area contributed by atoms with Crippen LogP contribution in [-0.2, 0) is 9.53 Å². The SMILES string of the molecule is CC(C)CCC[C@@H](C)[C@H]1CC[C@H]2[C@@H]3CC=C4C[C@@H](OC(=O)CCC(=N)N5CCN(C)CCN(C)CC5)CC[C@]4(C)[C@H]3CC[C@]12C. The van der Waals surface area contributed by atoms with Crippen LogP contribution in [0.1, 0.15) is 118 Å². The molecule has 4 fully saturated rings. The highest BCUT2D eigenvalue weighted by Gasteiger charge is 2.59. The van der Waals surface area contributed by atoms with Crippen LogP contribution in [0.25, 0.3) is 0 Å². The first-order chi connectivity index (χ1) is 21.4. The van der Waals surface area contributed by atoms with Crippen molar-refractivity contribution >= 4 is 11.8 Å². The molecule has 1 heterocycles. The van der Waals surface area contributed by atoms with Crippen molar-refractivity contribution in [2.24, 2.45) is 46.3 Å². The van der Waals surface area contributed by atoms with E-state index in [0.717, 1.165) is 94.0 Å². The highest BCUT2D eigenvalue weighted by atomic mass is 16.5. The fourth-order valence-electron chi connectivity index (χ4n) is 10.9. The second-order valence-corrected chi connectivity index (χ2v) is 17.2. The van der Waals surface area contributed by atoms with Gasteiger partial charge in [0.2, 0.25) is 0 Å². The van der Waals surface area contributed by atoms with Crippen molar-refractivity contribution < 1.29 is 9.53 Å². The molecule has 1 N–H and O–H groups in total. The molecule has 8 atom stereocenters. The van der Waals surface area contributed by atoms with E-state index in [1.807, 2.05) is 0 Å². The molecule has 45 heavy (non-hydrogen) atoms. The number of fused-ring (bicyclic) bond motifs is 5. The number of carbonyl (C=O) groups excluding carboxylic acids is 1. The Morgan fingerprint density at radius 3 is 2.29 bits per heavy atom. The summed E-state index contributed by atoms with van der Waals surface area (Å²) < 4.78 is 6.12. The smallest absolute Gasteiger partial charge is 0.306 e.